The molecule has 0 spiro atoms. The number of nitrogens with two attached hydrogens (primary N) is 1. The molecule has 0 saturated heterocycles. The number of fused-ring (bicyclic) bond motifs is 1. The summed E-state index contributed by atoms with van der Waals surface area (Å²) < 4.78 is 32.2. The number of nitrogens with zero attached hydrogens (tertiary/aromatic N) is 4. The van der Waals surface area contributed by atoms with E-state index in [9.17, 15) is 14.2 Å². The smallest absolute Gasteiger partial charge is 0.342 e. The first-order valence-corrected chi connectivity index (χ1v) is 14.2. The minimum absolute atomic E-state index is 0.272. The van der Waals surface area contributed by atoms with Crippen LogP contribution >= 0.6 is 7.52 Å². The van der Waals surface area contributed by atoms with Crippen LogP contribution < -0.4 is 15.3 Å². The number of benzene rings is 1. The molecule has 224 valence electrons. The van der Waals surface area contributed by atoms with Gasteiger partial charge < -0.3 is 39.6 Å². The van der Waals surface area contributed by atoms with E-state index in [0.29, 0.717) is 35.4 Å². The van der Waals surface area contributed by atoms with Gasteiger partial charge in [0, 0.05) is 6.08 Å². The molecule has 2 heterocycles. The number of aromatic nitrogens is 4. The van der Waals surface area contributed by atoms with Crippen molar-refractivity contribution < 1.29 is 43.5 Å². The molecule has 3 atom stereocenters. The Morgan fingerprint density at radius 1 is 1.12 bits per heavy atom. The zero-order valence-corrected chi connectivity index (χ0v) is 23.9. The van der Waals surface area contributed by atoms with Crippen LogP contribution in [-0.2, 0) is 30.2 Å². The van der Waals surface area contributed by atoms with Crippen LogP contribution in [0.3, 0.4) is 0 Å². The number of nitrogens with one attached hydrogen (secondary N) is 1. The zero-order chi connectivity index (χ0) is 30.6. The number of anilines is 1. The minimum Gasteiger partial charge on any atom is -0.478 e. The maximum atomic E-state index is 13.6. The first-order chi connectivity index (χ1) is 19.3. The van der Waals surface area contributed by atoms with E-state index < -0.39 is 31.8 Å². The van der Waals surface area contributed by atoms with E-state index in [1.807, 2.05) is 13.0 Å². The Bertz CT molecular complexity index is 1350. The molecule has 2 aromatic heterocycles. The SMILES string of the molecule is CC(C)OC(=O)[C@H](C)N[P@](=O)(CO[C@H](C)Cn1cnc2c(N)ncnc21)Oc1ccccc1.O=C(O)/C=C/C(O)O. The normalized spacial score (nSPS) is 14.3. The number of nitrogen functional groups attached to an aromatic ring is 1. The number of carbonyl (C=O) groups excluding carboxylic acids is 1. The number of aliphatic hydroxyl groups is 2. The Labute approximate surface area is 236 Å². The van der Waals surface area contributed by atoms with E-state index >= 15 is 0 Å². The average molecular weight is 595 g/mol. The van der Waals surface area contributed by atoms with Gasteiger partial charge in [0.05, 0.1) is 25.1 Å². The molecule has 0 radical (unpaired) electrons. The number of imidazole rings is 1. The summed E-state index contributed by atoms with van der Waals surface area (Å²) in [6.45, 7) is 7.25. The Morgan fingerprint density at radius 3 is 2.39 bits per heavy atom. The number of aliphatic carboxylic acids is 1. The van der Waals surface area contributed by atoms with Gasteiger partial charge in [-0.1, -0.05) is 18.2 Å². The summed E-state index contributed by atoms with van der Waals surface area (Å²) in [4.78, 5) is 34.2. The second kappa shape index (κ2) is 15.8. The van der Waals surface area contributed by atoms with Crippen LogP contribution in [0.25, 0.3) is 11.2 Å². The van der Waals surface area contributed by atoms with Gasteiger partial charge >= 0.3 is 19.5 Å². The fourth-order valence-electron chi connectivity index (χ4n) is 3.18. The molecule has 0 unspecified atom stereocenters. The standard InChI is InChI=1S/C21H29N6O5P.C4H6O4/c1-14(2)31-21(28)16(4)26-33(29,32-17-8-6-5-7-9-17)13-30-15(3)10-27-12-25-18-19(22)23-11-24-20(18)27;5-3(6)1-2-4(7)8/h5-9,11-12,14-16H,10,13H2,1-4H3,(H,26,29)(H2,22,23,24);1-3,5-6H,(H,7,8)/b;2-1+/t15-,16+,33+;/m1./s1. The fourth-order valence-corrected chi connectivity index (χ4v) is 4.97. The number of esters is 1. The number of hydrogen-bond acceptors (Lipinski definition) is 12. The van der Waals surface area contributed by atoms with Crippen molar-refractivity contribution in [1.29, 1.82) is 0 Å². The molecule has 0 aliphatic rings. The summed E-state index contributed by atoms with van der Waals surface area (Å²) in [5, 5.41) is 26.6. The molecule has 0 aliphatic carbocycles. The van der Waals surface area contributed by atoms with Crippen LogP contribution in [0.2, 0.25) is 0 Å². The van der Waals surface area contributed by atoms with Crippen LogP contribution in [-0.4, -0.2) is 77.7 Å². The van der Waals surface area contributed by atoms with Crippen molar-refractivity contribution in [1.82, 2.24) is 24.6 Å². The van der Waals surface area contributed by atoms with Crippen molar-refractivity contribution in [3.05, 3.63) is 55.1 Å². The Morgan fingerprint density at radius 2 is 1.80 bits per heavy atom. The first kappa shape index (κ1) is 33.3. The quantitative estimate of drug-likeness (QED) is 0.0826. The molecule has 0 bridgehead atoms. The third kappa shape index (κ3) is 11.6. The molecule has 0 aliphatic heterocycles. The topological polar surface area (TPSA) is 221 Å². The third-order valence-corrected chi connectivity index (χ3v) is 6.69. The summed E-state index contributed by atoms with van der Waals surface area (Å²) in [5.41, 5.74) is 6.91. The third-order valence-electron chi connectivity index (χ3n) is 4.92. The maximum absolute atomic E-state index is 13.6. The summed E-state index contributed by atoms with van der Waals surface area (Å²) in [5.74, 6) is -1.04. The van der Waals surface area contributed by atoms with Crippen molar-refractivity contribution >= 4 is 36.4 Å². The highest BCUT2D eigenvalue weighted by atomic mass is 31.2. The summed E-state index contributed by atoms with van der Waals surface area (Å²) in [7, 11) is -3.64. The van der Waals surface area contributed by atoms with Crippen molar-refractivity contribution in [3.63, 3.8) is 0 Å². The predicted octanol–water partition coefficient (Wildman–Crippen LogP) is 1.91. The molecule has 1 aromatic carbocycles. The largest absolute Gasteiger partial charge is 0.478 e. The van der Waals surface area contributed by atoms with Crippen LogP contribution in [0.1, 0.15) is 27.7 Å². The fraction of sp³-hybridized carbons (Fsp3) is 0.400. The van der Waals surface area contributed by atoms with E-state index in [4.69, 9.17) is 35.1 Å². The average Bonchev–Trinajstić information content (AvgIpc) is 3.30. The highest BCUT2D eigenvalue weighted by Gasteiger charge is 2.32. The molecule has 0 amide bonds. The Balaban J connectivity index is 0.000000642. The Hall–Kier alpha value is -3.88. The van der Waals surface area contributed by atoms with E-state index in [-0.39, 0.29) is 18.6 Å². The van der Waals surface area contributed by atoms with E-state index in [2.05, 4.69) is 20.0 Å². The number of aliphatic hydroxyl groups excluding tert-OH is 1. The second-order valence-corrected chi connectivity index (χ2v) is 11.0. The molecule has 6 N–H and O–H groups in total. The molecule has 41 heavy (non-hydrogen) atoms. The lowest BCUT2D eigenvalue weighted by Crippen LogP contribution is -2.37. The van der Waals surface area contributed by atoms with Gasteiger partial charge in [-0.3, -0.25) is 9.36 Å². The maximum Gasteiger partial charge on any atom is 0.342 e. The van der Waals surface area contributed by atoms with Gasteiger partial charge in [-0.25, -0.2) is 24.8 Å². The number of carboxylic acids is 1. The summed E-state index contributed by atoms with van der Waals surface area (Å²) in [6, 6.07) is 7.83. The number of rotatable bonds is 13. The van der Waals surface area contributed by atoms with Gasteiger partial charge in [-0.05, 0) is 45.9 Å². The van der Waals surface area contributed by atoms with E-state index in [0.717, 1.165) is 6.08 Å². The highest BCUT2D eigenvalue weighted by molar-refractivity contribution is 7.57. The molecule has 0 saturated carbocycles. The number of ether oxygens (including phenoxy) is 2. The number of carbonyl (C=O) groups is 2. The molecule has 16 heteroatoms. The van der Waals surface area contributed by atoms with Crippen LogP contribution in [0.4, 0.5) is 5.82 Å². The second-order valence-electron chi connectivity index (χ2n) is 8.96. The monoisotopic (exact) mass is 594 g/mol. The lowest BCUT2D eigenvalue weighted by atomic mass is 10.3. The first-order valence-electron chi connectivity index (χ1n) is 12.4. The van der Waals surface area contributed by atoms with Gasteiger partial charge in [0.25, 0.3) is 0 Å². The molecular weight excluding hydrogens is 559 g/mol. The number of hydrogen-bond donors (Lipinski definition) is 5. The van der Waals surface area contributed by atoms with Crippen molar-refractivity contribution in [2.45, 2.75) is 58.8 Å². The van der Waals surface area contributed by atoms with Crippen molar-refractivity contribution in [3.8, 4) is 5.75 Å². The predicted molar refractivity (Wildman–Crippen MR) is 149 cm³/mol. The van der Waals surface area contributed by atoms with E-state index in [1.54, 1.807) is 55.9 Å². The highest BCUT2D eigenvalue weighted by Crippen LogP contribution is 2.44. The summed E-state index contributed by atoms with van der Waals surface area (Å²) in [6.07, 6.45) is 1.74. The van der Waals surface area contributed by atoms with E-state index in [1.165, 1.54) is 6.33 Å². The van der Waals surface area contributed by atoms with Crippen LogP contribution in [0, 0.1) is 0 Å². The van der Waals surface area contributed by atoms with Crippen molar-refractivity contribution in [2.24, 2.45) is 0 Å². The lowest BCUT2D eigenvalue weighted by Gasteiger charge is -2.25. The molecular formula is C25H35N6O9P. The van der Waals surface area contributed by atoms with Gasteiger partial charge in [-0.15, -0.1) is 0 Å². The van der Waals surface area contributed by atoms with Gasteiger partial charge in [-0.2, -0.15) is 0 Å². The number of carboxylic acid groups (broad SMARTS) is 1. The van der Waals surface area contributed by atoms with Gasteiger partial charge in [0.2, 0.25) is 0 Å². The molecule has 3 rings (SSSR count). The molecule has 3 aromatic rings. The number of para-hydroxylation sites is 1. The summed E-state index contributed by atoms with van der Waals surface area (Å²) >= 11 is 0. The zero-order valence-electron chi connectivity index (χ0n) is 23.0. The lowest BCUT2D eigenvalue weighted by molar-refractivity contribution is -0.149. The van der Waals surface area contributed by atoms with Crippen LogP contribution in [0.5, 0.6) is 5.75 Å². The Kier molecular flexibility index (Phi) is 12.8. The van der Waals surface area contributed by atoms with Gasteiger partial charge in [0.1, 0.15) is 30.0 Å². The molecule has 0 fully saturated rings. The minimum atomic E-state index is -3.64. The molecule has 15 nitrogen and oxygen atoms in total. The van der Waals surface area contributed by atoms with Crippen molar-refractivity contribution in [2.75, 3.05) is 12.1 Å². The van der Waals surface area contributed by atoms with Crippen LogP contribution in [0.15, 0.2) is 55.1 Å². The van der Waals surface area contributed by atoms with Gasteiger partial charge in [0.15, 0.2) is 17.8 Å².